The van der Waals surface area contributed by atoms with Gasteiger partial charge in [-0.25, -0.2) is 4.79 Å². The van der Waals surface area contributed by atoms with Gasteiger partial charge in [0.15, 0.2) is 6.61 Å². The van der Waals surface area contributed by atoms with Gasteiger partial charge >= 0.3 is 5.97 Å². The first-order valence-electron chi connectivity index (χ1n) is 7.47. The zero-order chi connectivity index (χ0) is 17.8. The second-order valence-electron chi connectivity index (χ2n) is 5.30. The average molecular weight is 356 g/mol. The van der Waals surface area contributed by atoms with Crippen molar-refractivity contribution in [3.63, 3.8) is 0 Å². The summed E-state index contributed by atoms with van der Waals surface area (Å²) in [4.78, 5) is 32.3. The lowest BCUT2D eigenvalue weighted by molar-refractivity contribution is -0.119. The highest BCUT2D eigenvalue weighted by atomic mass is 35.5. The summed E-state index contributed by atoms with van der Waals surface area (Å²) < 4.78 is 5.05. The molecule has 7 heteroatoms. The lowest BCUT2D eigenvalue weighted by Crippen LogP contribution is -2.21. The van der Waals surface area contributed by atoms with Gasteiger partial charge in [-0.05, 0) is 42.8 Å². The Morgan fingerprint density at radius 3 is 2.68 bits per heavy atom. The monoisotopic (exact) mass is 355 g/mol. The van der Waals surface area contributed by atoms with Gasteiger partial charge in [-0.3, -0.25) is 14.8 Å². The molecule has 25 heavy (non-hydrogen) atoms. The minimum Gasteiger partial charge on any atom is -0.452 e. The fourth-order valence-electron chi connectivity index (χ4n) is 2.23. The number of benzene rings is 2. The molecule has 0 saturated heterocycles. The number of anilines is 1. The van der Waals surface area contributed by atoms with Crippen molar-refractivity contribution in [1.82, 2.24) is 9.97 Å². The molecule has 0 spiro atoms. The van der Waals surface area contributed by atoms with Crippen LogP contribution in [0.4, 0.5) is 5.69 Å². The first-order valence-corrected chi connectivity index (χ1v) is 7.85. The zero-order valence-corrected chi connectivity index (χ0v) is 14.1. The quantitative estimate of drug-likeness (QED) is 0.725. The number of esters is 1. The Bertz CT molecular complexity index is 959. The first kappa shape index (κ1) is 16.9. The van der Waals surface area contributed by atoms with Crippen LogP contribution in [0.25, 0.3) is 11.0 Å². The van der Waals surface area contributed by atoms with Crippen LogP contribution in [0.15, 0.2) is 48.8 Å². The number of amides is 1. The predicted octanol–water partition coefficient (Wildman–Crippen LogP) is 3.39. The van der Waals surface area contributed by atoms with E-state index in [1.165, 1.54) is 6.20 Å². The Hall–Kier alpha value is -2.99. The van der Waals surface area contributed by atoms with Gasteiger partial charge in [0.05, 0.1) is 16.6 Å². The van der Waals surface area contributed by atoms with Gasteiger partial charge < -0.3 is 10.1 Å². The number of nitrogens with zero attached hydrogens (tertiary/aromatic N) is 2. The Kier molecular flexibility index (Phi) is 4.90. The minimum atomic E-state index is -0.606. The van der Waals surface area contributed by atoms with Gasteiger partial charge in [0.1, 0.15) is 0 Å². The molecule has 0 bridgehead atoms. The molecule has 3 rings (SSSR count). The van der Waals surface area contributed by atoms with Crippen LogP contribution < -0.4 is 5.32 Å². The summed E-state index contributed by atoms with van der Waals surface area (Å²) in [5.74, 6) is -1.05. The number of fused-ring (bicyclic) bond motifs is 1. The second-order valence-corrected chi connectivity index (χ2v) is 5.70. The molecular weight excluding hydrogens is 342 g/mol. The zero-order valence-electron chi connectivity index (χ0n) is 13.3. The highest BCUT2D eigenvalue weighted by Gasteiger charge is 2.12. The van der Waals surface area contributed by atoms with Crippen molar-refractivity contribution in [2.45, 2.75) is 6.92 Å². The molecule has 0 aliphatic carbocycles. The maximum atomic E-state index is 12.1. The maximum Gasteiger partial charge on any atom is 0.338 e. The van der Waals surface area contributed by atoms with E-state index in [4.69, 9.17) is 16.3 Å². The number of rotatable bonds is 4. The third-order valence-corrected chi connectivity index (χ3v) is 3.99. The van der Waals surface area contributed by atoms with E-state index in [2.05, 4.69) is 15.3 Å². The molecule has 0 saturated carbocycles. The van der Waals surface area contributed by atoms with Gasteiger partial charge in [-0.15, -0.1) is 0 Å². The molecule has 1 aromatic heterocycles. The fourth-order valence-corrected chi connectivity index (χ4v) is 2.41. The van der Waals surface area contributed by atoms with E-state index in [-0.39, 0.29) is 0 Å². The molecule has 0 unspecified atom stereocenters. The lowest BCUT2D eigenvalue weighted by atomic mass is 10.2. The van der Waals surface area contributed by atoms with Gasteiger partial charge in [-0.1, -0.05) is 17.7 Å². The minimum absolute atomic E-state index is 0.305. The summed E-state index contributed by atoms with van der Waals surface area (Å²) in [6, 6.07) is 10.0. The number of carbonyl (C=O) groups is 2. The van der Waals surface area contributed by atoms with Crippen molar-refractivity contribution >= 4 is 40.2 Å². The van der Waals surface area contributed by atoms with Crippen LogP contribution in [0.5, 0.6) is 0 Å². The van der Waals surface area contributed by atoms with Crippen LogP contribution in [0.1, 0.15) is 15.9 Å². The van der Waals surface area contributed by atoms with Gasteiger partial charge in [0.25, 0.3) is 5.91 Å². The van der Waals surface area contributed by atoms with Gasteiger partial charge in [-0.2, -0.15) is 0 Å². The van der Waals surface area contributed by atoms with E-state index < -0.39 is 18.5 Å². The van der Waals surface area contributed by atoms with Crippen LogP contribution in [-0.4, -0.2) is 28.5 Å². The van der Waals surface area contributed by atoms with Crippen molar-refractivity contribution < 1.29 is 14.3 Å². The van der Waals surface area contributed by atoms with E-state index in [0.717, 1.165) is 5.56 Å². The van der Waals surface area contributed by atoms with Gasteiger partial charge in [0, 0.05) is 23.1 Å². The largest absolute Gasteiger partial charge is 0.452 e. The molecule has 1 heterocycles. The summed E-state index contributed by atoms with van der Waals surface area (Å²) in [5.41, 5.74) is 2.88. The highest BCUT2D eigenvalue weighted by Crippen LogP contribution is 2.22. The summed E-state index contributed by atoms with van der Waals surface area (Å²) in [6.45, 7) is 1.39. The van der Waals surface area contributed by atoms with Crippen LogP contribution in [0, 0.1) is 6.92 Å². The van der Waals surface area contributed by atoms with Crippen molar-refractivity contribution in [2.24, 2.45) is 0 Å². The molecule has 126 valence electrons. The third-order valence-electron chi connectivity index (χ3n) is 3.58. The molecular formula is C18H14ClN3O3. The number of ether oxygens (including phenoxy) is 1. The van der Waals surface area contributed by atoms with E-state index in [1.54, 1.807) is 49.5 Å². The van der Waals surface area contributed by atoms with Crippen molar-refractivity contribution in [3.05, 3.63) is 64.9 Å². The highest BCUT2D eigenvalue weighted by molar-refractivity contribution is 6.31. The van der Waals surface area contributed by atoms with Crippen LogP contribution in [-0.2, 0) is 9.53 Å². The summed E-state index contributed by atoms with van der Waals surface area (Å²) >= 11 is 6.00. The SMILES string of the molecule is Cc1c(Cl)cccc1NC(=O)COC(=O)c1ccc2nccnc2c1. The molecule has 6 nitrogen and oxygen atoms in total. The molecule has 0 radical (unpaired) electrons. The lowest BCUT2D eigenvalue weighted by Gasteiger charge is -2.10. The Balaban J connectivity index is 1.63. The molecule has 2 aromatic carbocycles. The third kappa shape index (κ3) is 3.92. The number of hydrogen-bond donors (Lipinski definition) is 1. The number of hydrogen-bond acceptors (Lipinski definition) is 5. The topological polar surface area (TPSA) is 81.2 Å². The van der Waals surface area contributed by atoms with Crippen molar-refractivity contribution in [3.8, 4) is 0 Å². The van der Waals surface area contributed by atoms with Crippen LogP contribution in [0.3, 0.4) is 0 Å². The first-order chi connectivity index (χ1) is 12.0. The van der Waals surface area contributed by atoms with Crippen LogP contribution in [0.2, 0.25) is 5.02 Å². The number of nitrogens with one attached hydrogen (secondary N) is 1. The number of halogens is 1. The standard InChI is InChI=1S/C18H14ClN3O3/c1-11-13(19)3-2-4-14(11)22-17(23)10-25-18(24)12-5-6-15-16(9-12)21-8-7-20-15/h2-9H,10H2,1H3,(H,22,23). The van der Waals surface area contributed by atoms with Gasteiger partial charge in [0.2, 0.25) is 0 Å². The Morgan fingerprint density at radius 1 is 1.12 bits per heavy atom. The molecule has 3 aromatic rings. The smallest absolute Gasteiger partial charge is 0.338 e. The van der Waals surface area contributed by atoms with E-state index in [9.17, 15) is 9.59 Å². The molecule has 0 aliphatic heterocycles. The molecule has 1 N–H and O–H groups in total. The van der Waals surface area contributed by atoms with Crippen molar-refractivity contribution in [2.75, 3.05) is 11.9 Å². The molecule has 0 fully saturated rings. The summed E-state index contributed by atoms with van der Waals surface area (Å²) in [7, 11) is 0. The summed E-state index contributed by atoms with van der Waals surface area (Å²) in [6.07, 6.45) is 3.11. The fraction of sp³-hybridized carbons (Fsp3) is 0.111. The van der Waals surface area contributed by atoms with E-state index in [1.807, 2.05) is 0 Å². The average Bonchev–Trinajstić information content (AvgIpc) is 2.63. The molecule has 0 atom stereocenters. The number of aromatic nitrogens is 2. The normalized spacial score (nSPS) is 10.5. The number of carbonyl (C=O) groups excluding carboxylic acids is 2. The second kappa shape index (κ2) is 7.27. The van der Waals surface area contributed by atoms with Crippen molar-refractivity contribution in [1.29, 1.82) is 0 Å². The van der Waals surface area contributed by atoms with E-state index >= 15 is 0 Å². The predicted molar refractivity (Wildman–Crippen MR) is 94.6 cm³/mol. The Labute approximate surface area is 148 Å². The van der Waals surface area contributed by atoms with E-state index in [0.29, 0.717) is 27.3 Å². The van der Waals surface area contributed by atoms with Crippen LogP contribution >= 0.6 is 11.6 Å². The Morgan fingerprint density at radius 2 is 1.88 bits per heavy atom. The summed E-state index contributed by atoms with van der Waals surface area (Å²) in [5, 5.41) is 3.21. The molecule has 0 aliphatic rings. The molecule has 1 amide bonds. The maximum absolute atomic E-state index is 12.1.